The van der Waals surface area contributed by atoms with Gasteiger partial charge in [-0.2, -0.15) is 0 Å². The summed E-state index contributed by atoms with van der Waals surface area (Å²) in [5, 5.41) is 3.12. The molecule has 0 aromatic rings. The number of nitrogens with two attached hydrogens (primary N) is 1. The lowest BCUT2D eigenvalue weighted by Crippen LogP contribution is -2.46. The first-order valence-corrected chi connectivity index (χ1v) is 8.12. The van der Waals surface area contributed by atoms with E-state index in [1.54, 1.807) is 0 Å². The summed E-state index contributed by atoms with van der Waals surface area (Å²) in [5.74, 6) is 1.89. The van der Waals surface area contributed by atoms with Crippen LogP contribution in [0.15, 0.2) is 11.6 Å². The van der Waals surface area contributed by atoms with E-state index in [2.05, 4.69) is 32.2 Å². The van der Waals surface area contributed by atoms with E-state index in [9.17, 15) is 4.79 Å². The number of fused-ring (bicyclic) bond motifs is 2. The molecule has 0 aliphatic heterocycles. The Hall–Kier alpha value is -0.830. The quantitative estimate of drug-likeness (QED) is 0.778. The number of allylic oxidation sites excluding steroid dienone is 1. The molecular formula is C17H28N2O. The smallest absolute Gasteiger partial charge is 0.225 e. The third-order valence-electron chi connectivity index (χ3n) is 5.10. The molecule has 2 bridgehead atoms. The molecule has 3 aliphatic carbocycles. The lowest BCUT2D eigenvalue weighted by Gasteiger charge is -2.28. The molecule has 0 radical (unpaired) electrons. The van der Waals surface area contributed by atoms with Gasteiger partial charge in [0.25, 0.3) is 0 Å². The van der Waals surface area contributed by atoms with Crippen LogP contribution in [0.3, 0.4) is 0 Å². The first-order chi connectivity index (χ1) is 9.37. The van der Waals surface area contributed by atoms with Gasteiger partial charge in [0.1, 0.15) is 0 Å². The van der Waals surface area contributed by atoms with Crippen molar-refractivity contribution in [1.29, 1.82) is 0 Å². The first-order valence-electron chi connectivity index (χ1n) is 8.12. The number of hydrogen-bond donors (Lipinski definition) is 2. The van der Waals surface area contributed by atoms with Gasteiger partial charge < -0.3 is 11.1 Å². The Morgan fingerprint density at radius 1 is 1.25 bits per heavy atom. The summed E-state index contributed by atoms with van der Waals surface area (Å²) >= 11 is 0. The Morgan fingerprint density at radius 2 is 1.90 bits per heavy atom. The standard InChI is InChI=1S/C17H28N2O/c1-17(2,3)9-19-16(20)14-11-6-7-12(15(14)18)13(11)8-10-4-5-10/h8,10-12,14-15H,4-7,9,18H2,1-3H3,(H,19,20)/b13-8-/t11-,12+,14-,15+/m0/s1. The van der Waals surface area contributed by atoms with Crippen LogP contribution in [0.4, 0.5) is 0 Å². The average molecular weight is 276 g/mol. The SMILES string of the molecule is CC(C)(C)CNC(=O)[C@@H]1[C@H](N)[C@@H]2CC[C@H]1/C2=C/C1CC1. The predicted octanol–water partition coefficient (Wildman–Crippen LogP) is 2.47. The third-order valence-corrected chi connectivity index (χ3v) is 5.10. The zero-order chi connectivity index (χ0) is 14.5. The maximum absolute atomic E-state index is 12.5. The second kappa shape index (κ2) is 4.87. The fourth-order valence-electron chi connectivity index (χ4n) is 3.90. The van der Waals surface area contributed by atoms with Crippen molar-refractivity contribution in [3.63, 3.8) is 0 Å². The number of amides is 1. The van der Waals surface area contributed by atoms with Crippen molar-refractivity contribution in [1.82, 2.24) is 5.32 Å². The minimum absolute atomic E-state index is 0.0149. The van der Waals surface area contributed by atoms with E-state index in [4.69, 9.17) is 5.73 Å². The molecule has 3 rings (SSSR count). The lowest BCUT2D eigenvalue weighted by atomic mass is 9.84. The van der Waals surface area contributed by atoms with Crippen LogP contribution >= 0.6 is 0 Å². The summed E-state index contributed by atoms with van der Waals surface area (Å²) in [6.07, 6.45) is 7.47. The largest absolute Gasteiger partial charge is 0.355 e. The summed E-state index contributed by atoms with van der Waals surface area (Å²) in [7, 11) is 0. The summed E-state index contributed by atoms with van der Waals surface area (Å²) in [6, 6.07) is 0.0405. The maximum atomic E-state index is 12.5. The van der Waals surface area contributed by atoms with Crippen molar-refractivity contribution in [2.75, 3.05) is 6.54 Å². The molecule has 3 nitrogen and oxygen atoms in total. The van der Waals surface area contributed by atoms with Gasteiger partial charge in [0.05, 0.1) is 5.92 Å². The highest BCUT2D eigenvalue weighted by Crippen LogP contribution is 2.53. The lowest BCUT2D eigenvalue weighted by molar-refractivity contribution is -0.127. The highest BCUT2D eigenvalue weighted by molar-refractivity contribution is 5.81. The number of carbonyl (C=O) groups is 1. The Balaban J connectivity index is 1.69. The van der Waals surface area contributed by atoms with Gasteiger partial charge in [-0.15, -0.1) is 0 Å². The second-order valence-corrected chi connectivity index (χ2v) is 8.18. The third kappa shape index (κ3) is 2.65. The molecule has 0 aromatic carbocycles. The van der Waals surface area contributed by atoms with Gasteiger partial charge in [0, 0.05) is 12.6 Å². The molecular weight excluding hydrogens is 248 g/mol. The molecule has 3 fully saturated rings. The number of rotatable bonds is 3. The monoisotopic (exact) mass is 276 g/mol. The zero-order valence-corrected chi connectivity index (χ0v) is 13.0. The van der Waals surface area contributed by atoms with Gasteiger partial charge in [0.15, 0.2) is 0 Å². The Kier molecular flexibility index (Phi) is 3.44. The van der Waals surface area contributed by atoms with Crippen LogP contribution in [0.5, 0.6) is 0 Å². The molecule has 3 heteroatoms. The van der Waals surface area contributed by atoms with E-state index in [0.29, 0.717) is 11.8 Å². The highest BCUT2D eigenvalue weighted by Gasteiger charge is 2.52. The van der Waals surface area contributed by atoms with Crippen molar-refractivity contribution >= 4 is 5.91 Å². The van der Waals surface area contributed by atoms with Crippen molar-refractivity contribution in [3.05, 3.63) is 11.6 Å². The van der Waals surface area contributed by atoms with Crippen LogP contribution in [-0.2, 0) is 4.79 Å². The average Bonchev–Trinajstić information content (AvgIpc) is 3.03. The summed E-state index contributed by atoms with van der Waals surface area (Å²) in [5.41, 5.74) is 8.04. The van der Waals surface area contributed by atoms with Gasteiger partial charge in [0.2, 0.25) is 5.91 Å². The van der Waals surface area contributed by atoms with Gasteiger partial charge in [-0.25, -0.2) is 0 Å². The van der Waals surface area contributed by atoms with Gasteiger partial charge in [-0.1, -0.05) is 32.4 Å². The van der Waals surface area contributed by atoms with E-state index in [-0.39, 0.29) is 23.3 Å². The van der Waals surface area contributed by atoms with Crippen molar-refractivity contribution in [3.8, 4) is 0 Å². The van der Waals surface area contributed by atoms with E-state index >= 15 is 0 Å². The van der Waals surface area contributed by atoms with Crippen molar-refractivity contribution in [2.24, 2.45) is 34.8 Å². The van der Waals surface area contributed by atoms with Gasteiger partial charge >= 0.3 is 0 Å². The Labute approximate surface area is 122 Å². The number of carbonyl (C=O) groups excluding carboxylic acids is 1. The molecule has 20 heavy (non-hydrogen) atoms. The second-order valence-electron chi connectivity index (χ2n) is 8.18. The molecule has 0 saturated heterocycles. The minimum Gasteiger partial charge on any atom is -0.355 e. The number of nitrogens with one attached hydrogen (secondary N) is 1. The molecule has 1 amide bonds. The molecule has 0 aromatic heterocycles. The highest BCUT2D eigenvalue weighted by atomic mass is 16.1. The van der Waals surface area contributed by atoms with Crippen LogP contribution < -0.4 is 11.1 Å². The van der Waals surface area contributed by atoms with Gasteiger partial charge in [-0.3, -0.25) is 4.79 Å². The first kappa shape index (κ1) is 14.1. The van der Waals surface area contributed by atoms with E-state index in [0.717, 1.165) is 18.9 Å². The molecule has 3 saturated carbocycles. The van der Waals surface area contributed by atoms with Crippen LogP contribution in [-0.4, -0.2) is 18.5 Å². The number of hydrogen-bond acceptors (Lipinski definition) is 2. The molecule has 4 atom stereocenters. The normalized spacial score (nSPS) is 38.5. The summed E-state index contributed by atoms with van der Waals surface area (Å²) in [4.78, 5) is 12.5. The molecule has 3 aliphatic rings. The zero-order valence-electron chi connectivity index (χ0n) is 13.0. The summed E-state index contributed by atoms with van der Waals surface area (Å²) < 4.78 is 0. The van der Waals surface area contributed by atoms with Crippen molar-refractivity contribution in [2.45, 2.75) is 52.5 Å². The minimum atomic E-state index is 0.0149. The summed E-state index contributed by atoms with van der Waals surface area (Å²) in [6.45, 7) is 7.17. The molecule has 112 valence electrons. The molecule has 3 N–H and O–H groups in total. The van der Waals surface area contributed by atoms with Crippen LogP contribution in [0.1, 0.15) is 46.5 Å². The van der Waals surface area contributed by atoms with Crippen LogP contribution in [0, 0.1) is 29.1 Å². The fraction of sp³-hybridized carbons (Fsp3) is 0.824. The topological polar surface area (TPSA) is 55.1 Å². The molecule has 0 spiro atoms. The molecule has 0 unspecified atom stereocenters. The Morgan fingerprint density at radius 3 is 2.50 bits per heavy atom. The van der Waals surface area contributed by atoms with Crippen molar-refractivity contribution < 1.29 is 4.79 Å². The Bertz CT molecular complexity index is 431. The molecule has 0 heterocycles. The maximum Gasteiger partial charge on any atom is 0.225 e. The predicted molar refractivity (Wildman–Crippen MR) is 81.0 cm³/mol. The fourth-order valence-corrected chi connectivity index (χ4v) is 3.90. The van der Waals surface area contributed by atoms with Crippen LogP contribution in [0.25, 0.3) is 0 Å². The van der Waals surface area contributed by atoms with Crippen LogP contribution in [0.2, 0.25) is 0 Å². The van der Waals surface area contributed by atoms with E-state index in [1.165, 1.54) is 24.8 Å². The van der Waals surface area contributed by atoms with E-state index in [1.807, 2.05) is 0 Å². The van der Waals surface area contributed by atoms with Gasteiger partial charge in [-0.05, 0) is 48.9 Å². The van der Waals surface area contributed by atoms with E-state index < -0.39 is 0 Å².